The van der Waals surface area contributed by atoms with Gasteiger partial charge in [0, 0.05) is 37.3 Å². The van der Waals surface area contributed by atoms with E-state index in [0.29, 0.717) is 40.2 Å². The number of amides is 1. The van der Waals surface area contributed by atoms with Crippen molar-refractivity contribution in [3.8, 4) is 22.6 Å². The Morgan fingerprint density at radius 2 is 1.91 bits per heavy atom. The second-order valence-corrected chi connectivity index (χ2v) is 6.85. The topological polar surface area (TPSA) is 97.0 Å². The summed E-state index contributed by atoms with van der Waals surface area (Å²) >= 11 is 0. The van der Waals surface area contributed by atoms with E-state index in [0.717, 1.165) is 0 Å². The maximum absolute atomic E-state index is 14.9. The molecule has 0 saturated carbocycles. The maximum Gasteiger partial charge on any atom is 0.314 e. The standard InChI is InChI=1S/C22H17F3N6O2/c1-26-18-8-16(13-4-6-27-7-5-13)17(23)9-19(18)31(12-32)11-15-3-2-14(10-28-15)21-29-30-22(33-21)20(24)25/h2-10,12,20,26H,11H2,1H3. The summed E-state index contributed by atoms with van der Waals surface area (Å²) in [6.07, 6.45) is 2.21. The Morgan fingerprint density at radius 3 is 2.52 bits per heavy atom. The number of pyridine rings is 2. The molecule has 0 aliphatic rings. The van der Waals surface area contributed by atoms with Gasteiger partial charge < -0.3 is 14.6 Å². The van der Waals surface area contributed by atoms with Crippen LogP contribution in [-0.2, 0) is 11.3 Å². The summed E-state index contributed by atoms with van der Waals surface area (Å²) in [5, 5.41) is 9.83. The number of halogens is 3. The first-order valence-electron chi connectivity index (χ1n) is 9.70. The van der Waals surface area contributed by atoms with Gasteiger partial charge in [-0.15, -0.1) is 10.2 Å². The van der Waals surface area contributed by atoms with Crippen LogP contribution >= 0.6 is 0 Å². The molecule has 0 saturated heterocycles. The Hall–Kier alpha value is -4.28. The molecule has 1 aromatic carbocycles. The van der Waals surface area contributed by atoms with Gasteiger partial charge in [-0.2, -0.15) is 8.78 Å². The minimum atomic E-state index is -2.87. The van der Waals surface area contributed by atoms with E-state index in [1.807, 2.05) is 0 Å². The Morgan fingerprint density at radius 1 is 1.12 bits per heavy atom. The molecular weight excluding hydrogens is 437 g/mol. The smallest absolute Gasteiger partial charge is 0.314 e. The van der Waals surface area contributed by atoms with E-state index in [2.05, 4.69) is 25.5 Å². The Balaban J connectivity index is 1.58. The summed E-state index contributed by atoms with van der Waals surface area (Å²) in [6, 6.07) is 9.40. The van der Waals surface area contributed by atoms with Crippen molar-refractivity contribution >= 4 is 17.8 Å². The second-order valence-electron chi connectivity index (χ2n) is 6.85. The van der Waals surface area contributed by atoms with Gasteiger partial charge in [0.2, 0.25) is 12.3 Å². The third kappa shape index (κ3) is 4.66. The van der Waals surface area contributed by atoms with E-state index >= 15 is 0 Å². The fourth-order valence-corrected chi connectivity index (χ4v) is 3.19. The van der Waals surface area contributed by atoms with Crippen LogP contribution in [0.25, 0.3) is 22.6 Å². The minimum absolute atomic E-state index is 0.0403. The SMILES string of the molecule is CNc1cc(-c2ccncc2)c(F)cc1N(C=O)Cc1ccc(-c2nnc(C(F)F)o2)cn1. The second kappa shape index (κ2) is 9.47. The molecule has 1 N–H and O–H groups in total. The van der Waals surface area contributed by atoms with Crippen molar-refractivity contribution < 1.29 is 22.4 Å². The highest BCUT2D eigenvalue weighted by Gasteiger charge is 2.19. The lowest BCUT2D eigenvalue weighted by molar-refractivity contribution is -0.107. The molecule has 168 valence electrons. The van der Waals surface area contributed by atoms with Gasteiger partial charge in [-0.05, 0) is 35.9 Å². The first-order valence-corrected chi connectivity index (χ1v) is 9.70. The summed E-state index contributed by atoms with van der Waals surface area (Å²) in [5.41, 5.74) is 2.70. The number of nitrogens with zero attached hydrogens (tertiary/aromatic N) is 5. The van der Waals surface area contributed by atoms with Crippen LogP contribution < -0.4 is 10.2 Å². The van der Waals surface area contributed by atoms with Crippen LogP contribution in [-0.4, -0.2) is 33.6 Å². The maximum atomic E-state index is 14.9. The minimum Gasteiger partial charge on any atom is -0.415 e. The normalized spacial score (nSPS) is 10.9. The number of hydrogen-bond acceptors (Lipinski definition) is 7. The molecule has 11 heteroatoms. The van der Waals surface area contributed by atoms with Crippen molar-refractivity contribution in [1.82, 2.24) is 20.2 Å². The predicted molar refractivity (Wildman–Crippen MR) is 114 cm³/mol. The zero-order valence-corrected chi connectivity index (χ0v) is 17.2. The number of hydrogen-bond donors (Lipinski definition) is 1. The summed E-state index contributed by atoms with van der Waals surface area (Å²) in [6.45, 7) is 0.0403. The molecule has 0 aliphatic carbocycles. The molecule has 3 heterocycles. The number of aromatic nitrogens is 4. The van der Waals surface area contributed by atoms with E-state index in [1.54, 1.807) is 49.8 Å². The van der Waals surface area contributed by atoms with Gasteiger partial charge in [0.25, 0.3) is 5.89 Å². The number of carbonyl (C=O) groups excluding carboxylic acids is 1. The monoisotopic (exact) mass is 454 g/mol. The third-order valence-corrected chi connectivity index (χ3v) is 4.81. The van der Waals surface area contributed by atoms with E-state index in [1.165, 1.54) is 17.2 Å². The van der Waals surface area contributed by atoms with Crippen LogP contribution in [0.2, 0.25) is 0 Å². The Kier molecular flexibility index (Phi) is 6.29. The van der Waals surface area contributed by atoms with Gasteiger partial charge in [-0.1, -0.05) is 0 Å². The number of rotatable bonds is 8. The third-order valence-electron chi connectivity index (χ3n) is 4.81. The highest BCUT2D eigenvalue weighted by molar-refractivity contribution is 5.86. The van der Waals surface area contributed by atoms with E-state index in [4.69, 9.17) is 4.42 Å². The van der Waals surface area contributed by atoms with Gasteiger partial charge in [0.05, 0.1) is 29.2 Å². The number of alkyl halides is 2. The fourth-order valence-electron chi connectivity index (χ4n) is 3.19. The van der Waals surface area contributed by atoms with Crippen molar-refractivity contribution in [3.05, 3.63) is 72.4 Å². The molecule has 0 unspecified atom stereocenters. The number of nitrogens with one attached hydrogen (secondary N) is 1. The largest absolute Gasteiger partial charge is 0.415 e. The van der Waals surface area contributed by atoms with E-state index in [9.17, 15) is 18.0 Å². The fraction of sp³-hybridized carbons (Fsp3) is 0.136. The molecule has 8 nitrogen and oxygen atoms in total. The van der Waals surface area contributed by atoms with Crippen LogP contribution in [0.1, 0.15) is 18.0 Å². The average molecular weight is 454 g/mol. The molecule has 33 heavy (non-hydrogen) atoms. The van der Waals surface area contributed by atoms with Crippen molar-refractivity contribution in [3.63, 3.8) is 0 Å². The van der Waals surface area contributed by atoms with Crippen molar-refractivity contribution in [1.29, 1.82) is 0 Å². The first kappa shape index (κ1) is 21.9. The molecule has 1 amide bonds. The predicted octanol–water partition coefficient (Wildman–Crippen LogP) is 4.48. The first-order chi connectivity index (χ1) is 16.0. The molecule has 0 bridgehead atoms. The molecule has 0 spiro atoms. The Bertz CT molecular complexity index is 1250. The van der Waals surface area contributed by atoms with Crippen LogP contribution in [0.15, 0.2) is 59.4 Å². The van der Waals surface area contributed by atoms with Gasteiger partial charge in [0.1, 0.15) is 5.82 Å². The van der Waals surface area contributed by atoms with Crippen LogP contribution in [0, 0.1) is 5.82 Å². The molecule has 4 aromatic rings. The molecule has 0 fully saturated rings. The van der Waals surface area contributed by atoms with Crippen LogP contribution in [0.4, 0.5) is 24.5 Å². The summed E-state index contributed by atoms with van der Waals surface area (Å²) in [4.78, 5) is 21.3. The number of benzene rings is 1. The molecule has 0 atom stereocenters. The lowest BCUT2D eigenvalue weighted by atomic mass is 10.0. The lowest BCUT2D eigenvalue weighted by Gasteiger charge is -2.22. The molecule has 0 radical (unpaired) electrons. The van der Waals surface area contributed by atoms with Gasteiger partial charge in [-0.3, -0.25) is 14.8 Å². The molecule has 4 rings (SSSR count). The van der Waals surface area contributed by atoms with Gasteiger partial charge in [-0.25, -0.2) is 4.39 Å². The average Bonchev–Trinajstić information content (AvgIpc) is 3.34. The van der Waals surface area contributed by atoms with E-state index in [-0.39, 0.29) is 12.4 Å². The lowest BCUT2D eigenvalue weighted by Crippen LogP contribution is -2.22. The van der Waals surface area contributed by atoms with Crippen molar-refractivity contribution in [2.75, 3.05) is 17.3 Å². The van der Waals surface area contributed by atoms with Crippen LogP contribution in [0.3, 0.4) is 0 Å². The zero-order valence-electron chi connectivity index (χ0n) is 17.2. The van der Waals surface area contributed by atoms with Crippen LogP contribution in [0.5, 0.6) is 0 Å². The highest BCUT2D eigenvalue weighted by atomic mass is 19.3. The summed E-state index contributed by atoms with van der Waals surface area (Å²) < 4.78 is 45.1. The molecule has 3 aromatic heterocycles. The van der Waals surface area contributed by atoms with Crippen molar-refractivity contribution in [2.24, 2.45) is 0 Å². The highest BCUT2D eigenvalue weighted by Crippen LogP contribution is 2.34. The number of anilines is 2. The van der Waals surface area contributed by atoms with E-state index < -0.39 is 18.1 Å². The molecule has 0 aliphatic heterocycles. The zero-order chi connectivity index (χ0) is 23.4. The van der Waals surface area contributed by atoms with Gasteiger partial charge >= 0.3 is 6.43 Å². The Labute approximate surface area is 186 Å². The van der Waals surface area contributed by atoms with Crippen molar-refractivity contribution in [2.45, 2.75) is 13.0 Å². The summed E-state index contributed by atoms with van der Waals surface area (Å²) in [7, 11) is 1.67. The quantitative estimate of drug-likeness (QED) is 0.392. The summed E-state index contributed by atoms with van der Waals surface area (Å²) in [5.74, 6) is -1.38. The molecular formula is C22H17F3N6O2. The van der Waals surface area contributed by atoms with Gasteiger partial charge in [0.15, 0.2) is 0 Å². The number of carbonyl (C=O) groups is 1.